The lowest BCUT2D eigenvalue weighted by molar-refractivity contribution is -0.117. The third-order valence-electron chi connectivity index (χ3n) is 7.31. The zero-order valence-corrected chi connectivity index (χ0v) is 20.0. The molecule has 2 aliphatic carbocycles. The minimum atomic E-state index is -0.314. The fourth-order valence-electron chi connectivity index (χ4n) is 5.45. The lowest BCUT2D eigenvalue weighted by Gasteiger charge is -2.29. The number of nitrogen functional groups attached to an aromatic ring is 1. The zero-order chi connectivity index (χ0) is 24.5. The summed E-state index contributed by atoms with van der Waals surface area (Å²) in [6, 6.07) is 7.95. The van der Waals surface area contributed by atoms with Crippen molar-refractivity contribution in [1.82, 2.24) is 25.3 Å². The van der Waals surface area contributed by atoms with Crippen LogP contribution in [0.5, 0.6) is 5.75 Å². The molecule has 0 bridgehead atoms. The van der Waals surface area contributed by atoms with E-state index in [9.17, 15) is 9.59 Å². The number of ether oxygens (including phenoxy) is 1. The van der Waals surface area contributed by atoms with Crippen LogP contribution < -0.4 is 21.3 Å². The van der Waals surface area contributed by atoms with Gasteiger partial charge in [-0.15, -0.1) is 0 Å². The maximum absolute atomic E-state index is 12.8. The van der Waals surface area contributed by atoms with Crippen LogP contribution in [0.15, 0.2) is 41.7 Å². The summed E-state index contributed by atoms with van der Waals surface area (Å²) >= 11 is 0. The van der Waals surface area contributed by atoms with Crippen LogP contribution in [-0.4, -0.2) is 38.0 Å². The van der Waals surface area contributed by atoms with Gasteiger partial charge in [-0.1, -0.05) is 13.5 Å². The summed E-state index contributed by atoms with van der Waals surface area (Å²) in [5.74, 6) is 1.62. The Hall–Kier alpha value is -3.62. The number of carbonyl (C=O) groups excluding carboxylic acids is 1. The van der Waals surface area contributed by atoms with Crippen molar-refractivity contribution in [2.24, 2.45) is 5.92 Å². The highest BCUT2D eigenvalue weighted by molar-refractivity contribution is 5.99. The van der Waals surface area contributed by atoms with Crippen molar-refractivity contribution in [2.45, 2.75) is 70.1 Å². The minimum absolute atomic E-state index is 0.0259. The van der Waals surface area contributed by atoms with Gasteiger partial charge in [0.1, 0.15) is 17.0 Å². The van der Waals surface area contributed by atoms with Crippen LogP contribution >= 0.6 is 0 Å². The lowest BCUT2D eigenvalue weighted by Crippen LogP contribution is -2.37. The highest BCUT2D eigenvalue weighted by Crippen LogP contribution is 2.36. The molecule has 9 nitrogen and oxygen atoms in total. The van der Waals surface area contributed by atoms with Gasteiger partial charge in [0.05, 0.1) is 17.5 Å². The quantitative estimate of drug-likeness (QED) is 0.465. The average molecular weight is 477 g/mol. The molecular formula is C26H32N6O3. The van der Waals surface area contributed by atoms with Gasteiger partial charge in [-0.2, -0.15) is 10.2 Å². The second-order valence-corrected chi connectivity index (χ2v) is 9.86. The molecule has 2 heterocycles. The molecule has 2 fully saturated rings. The molecule has 1 amide bonds. The number of anilines is 1. The van der Waals surface area contributed by atoms with Gasteiger partial charge in [0.25, 0.3) is 5.56 Å². The zero-order valence-electron chi connectivity index (χ0n) is 20.0. The Morgan fingerprint density at radius 1 is 1.20 bits per heavy atom. The van der Waals surface area contributed by atoms with Gasteiger partial charge in [0, 0.05) is 11.6 Å². The number of amides is 1. The number of nitrogens with zero attached hydrogens (tertiary/aromatic N) is 3. The maximum atomic E-state index is 12.8. The standard InChI is InChI=1S/C26H32N6O3/c1-3-21(33)28-17-7-9-18(10-8-17)32-24-22(25(27)29-30-26(24)34)23(31-32)16-5-12-19(13-6-16)35-20-11-4-15(2)14-20/h3,5-6,12-13,15,17-18,20H,1,4,7-11,14H2,2H3,(H2,27,29)(H,28,33)(H,30,34). The molecule has 2 atom stereocenters. The van der Waals surface area contributed by atoms with Crippen LogP contribution in [0.25, 0.3) is 22.2 Å². The maximum Gasteiger partial charge on any atom is 0.290 e. The molecule has 5 rings (SSSR count). The van der Waals surface area contributed by atoms with Crippen LogP contribution in [-0.2, 0) is 4.79 Å². The number of aromatic nitrogens is 4. The van der Waals surface area contributed by atoms with Crippen molar-refractivity contribution in [2.75, 3.05) is 5.73 Å². The van der Waals surface area contributed by atoms with E-state index in [1.54, 1.807) is 4.68 Å². The third-order valence-corrected chi connectivity index (χ3v) is 7.31. The first kappa shape index (κ1) is 23.1. The number of rotatable bonds is 6. The van der Waals surface area contributed by atoms with Gasteiger partial charge in [0.15, 0.2) is 5.82 Å². The molecule has 4 N–H and O–H groups in total. The summed E-state index contributed by atoms with van der Waals surface area (Å²) in [7, 11) is 0. The van der Waals surface area contributed by atoms with Gasteiger partial charge in [-0.3, -0.25) is 14.3 Å². The molecule has 3 aromatic rings. The molecule has 0 aliphatic heterocycles. The van der Waals surface area contributed by atoms with E-state index in [0.29, 0.717) is 22.5 Å². The molecule has 1 aromatic carbocycles. The first-order valence-corrected chi connectivity index (χ1v) is 12.4. The van der Waals surface area contributed by atoms with Crippen molar-refractivity contribution in [1.29, 1.82) is 0 Å². The Labute approximate surface area is 203 Å². The largest absolute Gasteiger partial charge is 0.490 e. The van der Waals surface area contributed by atoms with Crippen LogP contribution in [0.3, 0.4) is 0 Å². The van der Waals surface area contributed by atoms with Crippen LogP contribution in [0.2, 0.25) is 0 Å². The third kappa shape index (κ3) is 4.67. The predicted molar refractivity (Wildman–Crippen MR) is 135 cm³/mol. The number of benzene rings is 1. The van der Waals surface area contributed by atoms with Crippen LogP contribution in [0.1, 0.15) is 57.9 Å². The predicted octanol–water partition coefficient (Wildman–Crippen LogP) is 3.72. The lowest BCUT2D eigenvalue weighted by atomic mass is 9.91. The second-order valence-electron chi connectivity index (χ2n) is 9.86. The Morgan fingerprint density at radius 3 is 2.60 bits per heavy atom. The minimum Gasteiger partial charge on any atom is -0.490 e. The average Bonchev–Trinajstić information content (AvgIpc) is 3.47. The molecule has 184 valence electrons. The number of nitrogens with one attached hydrogen (secondary N) is 2. The summed E-state index contributed by atoms with van der Waals surface area (Å²) < 4.78 is 7.96. The van der Waals surface area contributed by atoms with Crippen molar-refractivity contribution < 1.29 is 9.53 Å². The Morgan fingerprint density at radius 2 is 1.94 bits per heavy atom. The smallest absolute Gasteiger partial charge is 0.290 e. The molecule has 2 aliphatic rings. The number of fused-ring (bicyclic) bond motifs is 1. The molecule has 0 saturated heterocycles. The van der Waals surface area contributed by atoms with E-state index in [1.807, 2.05) is 24.3 Å². The van der Waals surface area contributed by atoms with E-state index in [4.69, 9.17) is 15.6 Å². The molecule has 9 heteroatoms. The number of nitrogens with two attached hydrogens (primary N) is 1. The van der Waals surface area contributed by atoms with E-state index in [2.05, 4.69) is 29.0 Å². The molecule has 0 spiro atoms. The normalized spacial score (nSPS) is 24.4. The molecular weight excluding hydrogens is 444 g/mol. The topological polar surface area (TPSA) is 128 Å². The Balaban J connectivity index is 1.43. The van der Waals surface area contributed by atoms with Crippen molar-refractivity contribution in [3.05, 3.63) is 47.3 Å². The van der Waals surface area contributed by atoms with E-state index in [0.717, 1.165) is 49.8 Å². The Kier molecular flexibility index (Phi) is 6.32. The molecule has 2 unspecified atom stereocenters. The van der Waals surface area contributed by atoms with Crippen LogP contribution in [0, 0.1) is 5.92 Å². The van der Waals surface area contributed by atoms with Gasteiger partial charge in [-0.05, 0) is 81.2 Å². The fraction of sp³-hybridized carbons (Fsp3) is 0.462. The highest BCUT2D eigenvalue weighted by Gasteiger charge is 2.28. The van der Waals surface area contributed by atoms with Crippen molar-refractivity contribution in [3.63, 3.8) is 0 Å². The van der Waals surface area contributed by atoms with E-state index >= 15 is 0 Å². The number of H-pyrrole nitrogens is 1. The molecule has 35 heavy (non-hydrogen) atoms. The Bertz CT molecular complexity index is 1290. The van der Waals surface area contributed by atoms with Gasteiger partial charge >= 0.3 is 0 Å². The van der Waals surface area contributed by atoms with Gasteiger partial charge in [-0.25, -0.2) is 5.10 Å². The summed E-state index contributed by atoms with van der Waals surface area (Å²) in [6.45, 7) is 5.78. The summed E-state index contributed by atoms with van der Waals surface area (Å²) in [5.41, 5.74) is 7.85. The first-order valence-electron chi connectivity index (χ1n) is 12.4. The van der Waals surface area contributed by atoms with E-state index in [-0.39, 0.29) is 35.5 Å². The number of aromatic amines is 1. The molecule has 2 aromatic heterocycles. The summed E-state index contributed by atoms with van der Waals surface area (Å²) in [5, 5.41) is 14.9. The van der Waals surface area contributed by atoms with E-state index < -0.39 is 0 Å². The van der Waals surface area contributed by atoms with Crippen molar-refractivity contribution in [3.8, 4) is 17.0 Å². The summed E-state index contributed by atoms with van der Waals surface area (Å²) in [4.78, 5) is 24.5. The van der Waals surface area contributed by atoms with E-state index in [1.165, 1.54) is 12.5 Å². The number of hydrogen-bond donors (Lipinski definition) is 3. The second kappa shape index (κ2) is 9.56. The number of hydrogen-bond acceptors (Lipinski definition) is 6. The monoisotopic (exact) mass is 476 g/mol. The van der Waals surface area contributed by atoms with Crippen molar-refractivity contribution >= 4 is 22.6 Å². The van der Waals surface area contributed by atoms with Gasteiger partial charge < -0.3 is 15.8 Å². The number of carbonyl (C=O) groups is 1. The molecule has 0 radical (unpaired) electrons. The van der Waals surface area contributed by atoms with Crippen LogP contribution in [0.4, 0.5) is 5.82 Å². The summed E-state index contributed by atoms with van der Waals surface area (Å²) in [6.07, 6.45) is 8.09. The SMILES string of the molecule is C=CC(=O)NC1CCC(n2nc(-c3ccc(OC4CCC(C)C4)cc3)c3c(N)n[nH]c(=O)c32)CC1. The fourth-order valence-corrected chi connectivity index (χ4v) is 5.45. The van der Waals surface area contributed by atoms with Gasteiger partial charge in [0.2, 0.25) is 5.91 Å². The first-order chi connectivity index (χ1) is 16.9. The highest BCUT2D eigenvalue weighted by atomic mass is 16.5. The molecule has 2 saturated carbocycles.